The van der Waals surface area contributed by atoms with Gasteiger partial charge in [-0.1, -0.05) is 0 Å². The van der Waals surface area contributed by atoms with Gasteiger partial charge in [0.15, 0.2) is 0 Å². The highest BCUT2D eigenvalue weighted by Crippen LogP contribution is 2.18. The summed E-state index contributed by atoms with van der Waals surface area (Å²) < 4.78 is 25.4. The number of pyridine rings is 1. The summed E-state index contributed by atoms with van der Waals surface area (Å²) in [5.74, 6) is -0.0242. The number of sulfonamides is 1. The van der Waals surface area contributed by atoms with Crippen LogP contribution >= 0.6 is 0 Å². The molecule has 0 spiro atoms. The van der Waals surface area contributed by atoms with E-state index in [1.807, 2.05) is 0 Å². The third-order valence-electron chi connectivity index (χ3n) is 2.50. The Hall–Kier alpha value is -1.27. The van der Waals surface area contributed by atoms with Crippen LogP contribution in [0.2, 0.25) is 0 Å². The SMILES string of the molecule is O=C1CCCN(S(=O)(=O)c2ccncc2)C1. The normalized spacial score (nSPS) is 18.6. The van der Waals surface area contributed by atoms with Gasteiger partial charge < -0.3 is 0 Å². The fraction of sp³-hybridized carbons (Fsp3) is 0.400. The maximum atomic E-state index is 12.1. The highest BCUT2D eigenvalue weighted by Gasteiger charge is 2.28. The molecule has 0 bridgehead atoms. The summed E-state index contributed by atoms with van der Waals surface area (Å²) in [6.45, 7) is 0.404. The van der Waals surface area contributed by atoms with E-state index >= 15 is 0 Å². The van der Waals surface area contributed by atoms with Crippen LogP contribution in [0, 0.1) is 0 Å². The van der Waals surface area contributed by atoms with Crippen LogP contribution in [-0.4, -0.2) is 36.6 Å². The fourth-order valence-electron chi connectivity index (χ4n) is 1.67. The van der Waals surface area contributed by atoms with Crippen LogP contribution in [0.4, 0.5) is 0 Å². The standard InChI is InChI=1S/C10H12N2O3S/c13-9-2-1-7-12(8-9)16(14,15)10-3-5-11-6-4-10/h3-6H,1-2,7-8H2. The molecule has 1 aliphatic rings. The minimum Gasteiger partial charge on any atom is -0.298 e. The van der Waals surface area contributed by atoms with Gasteiger partial charge in [0.1, 0.15) is 5.78 Å². The molecule has 0 saturated carbocycles. The van der Waals surface area contributed by atoms with Gasteiger partial charge in [-0.25, -0.2) is 8.42 Å². The van der Waals surface area contributed by atoms with Gasteiger partial charge in [0.25, 0.3) is 0 Å². The van der Waals surface area contributed by atoms with Crippen LogP contribution in [0.25, 0.3) is 0 Å². The van der Waals surface area contributed by atoms with E-state index in [0.29, 0.717) is 19.4 Å². The number of ketones is 1. The molecule has 16 heavy (non-hydrogen) atoms. The first-order chi connectivity index (χ1) is 7.60. The lowest BCUT2D eigenvalue weighted by Gasteiger charge is -2.24. The summed E-state index contributed by atoms with van der Waals surface area (Å²) in [6.07, 6.45) is 3.93. The molecule has 0 unspecified atom stereocenters. The minimum atomic E-state index is -3.52. The zero-order valence-corrected chi connectivity index (χ0v) is 9.48. The molecule has 5 nitrogen and oxygen atoms in total. The fourth-order valence-corrected chi connectivity index (χ4v) is 3.12. The molecule has 0 radical (unpaired) electrons. The van der Waals surface area contributed by atoms with Crippen LogP contribution in [0.3, 0.4) is 0 Å². The number of piperidine rings is 1. The van der Waals surface area contributed by atoms with Gasteiger partial charge in [0.05, 0.1) is 11.4 Å². The summed E-state index contributed by atoms with van der Waals surface area (Å²) in [6, 6.07) is 2.88. The number of carbonyl (C=O) groups excluding carboxylic acids is 1. The average molecular weight is 240 g/mol. The van der Waals surface area contributed by atoms with Crippen molar-refractivity contribution in [2.75, 3.05) is 13.1 Å². The Kier molecular flexibility index (Phi) is 3.02. The zero-order chi connectivity index (χ0) is 11.6. The van der Waals surface area contributed by atoms with Gasteiger partial charge in [-0.2, -0.15) is 4.31 Å². The van der Waals surface area contributed by atoms with Crippen LogP contribution in [0.15, 0.2) is 29.4 Å². The van der Waals surface area contributed by atoms with Crippen LogP contribution in [-0.2, 0) is 14.8 Å². The van der Waals surface area contributed by atoms with Crippen molar-refractivity contribution in [3.63, 3.8) is 0 Å². The Bertz CT molecular complexity index is 484. The van der Waals surface area contributed by atoms with Gasteiger partial charge in [-0.15, -0.1) is 0 Å². The number of aromatic nitrogens is 1. The second kappa shape index (κ2) is 4.31. The lowest BCUT2D eigenvalue weighted by atomic mass is 10.1. The molecule has 0 amide bonds. The molecule has 1 aromatic heterocycles. The first-order valence-electron chi connectivity index (χ1n) is 5.02. The van der Waals surface area contributed by atoms with Crippen molar-refractivity contribution in [2.45, 2.75) is 17.7 Å². The number of Topliss-reactive ketones (excluding diaryl/α,β-unsaturated/α-hetero) is 1. The van der Waals surface area contributed by atoms with E-state index in [9.17, 15) is 13.2 Å². The lowest BCUT2D eigenvalue weighted by molar-refractivity contribution is -0.120. The monoisotopic (exact) mass is 240 g/mol. The topological polar surface area (TPSA) is 67.3 Å². The molecule has 0 aliphatic carbocycles. The molecule has 1 aliphatic heterocycles. The van der Waals surface area contributed by atoms with Crippen molar-refractivity contribution in [3.8, 4) is 0 Å². The Balaban J connectivity index is 2.29. The van der Waals surface area contributed by atoms with Crippen molar-refractivity contribution in [1.29, 1.82) is 0 Å². The molecule has 1 fully saturated rings. The molecule has 6 heteroatoms. The van der Waals surface area contributed by atoms with Gasteiger partial charge >= 0.3 is 0 Å². The number of hydrogen-bond donors (Lipinski definition) is 0. The van der Waals surface area contributed by atoms with E-state index in [1.165, 1.54) is 28.8 Å². The molecule has 0 N–H and O–H groups in total. The number of hydrogen-bond acceptors (Lipinski definition) is 4. The van der Waals surface area contributed by atoms with Crippen molar-refractivity contribution in [1.82, 2.24) is 9.29 Å². The predicted octanol–water partition coefficient (Wildman–Crippen LogP) is 0.435. The molecular weight excluding hydrogens is 228 g/mol. The summed E-state index contributed by atoms with van der Waals surface area (Å²) in [5.41, 5.74) is 0. The Labute approximate surface area is 94.2 Å². The molecule has 86 valence electrons. The quantitative estimate of drug-likeness (QED) is 0.752. The Morgan fingerprint density at radius 2 is 1.94 bits per heavy atom. The summed E-state index contributed by atoms with van der Waals surface area (Å²) in [5, 5.41) is 0. The van der Waals surface area contributed by atoms with E-state index in [-0.39, 0.29) is 17.2 Å². The number of rotatable bonds is 2. The smallest absolute Gasteiger partial charge is 0.243 e. The van der Waals surface area contributed by atoms with Crippen molar-refractivity contribution in [3.05, 3.63) is 24.5 Å². The summed E-state index contributed by atoms with van der Waals surface area (Å²) in [7, 11) is -3.52. The van der Waals surface area contributed by atoms with Gasteiger partial charge in [0, 0.05) is 25.4 Å². The van der Waals surface area contributed by atoms with Crippen LogP contribution in [0.5, 0.6) is 0 Å². The maximum absolute atomic E-state index is 12.1. The Morgan fingerprint density at radius 3 is 2.56 bits per heavy atom. The zero-order valence-electron chi connectivity index (χ0n) is 8.67. The Morgan fingerprint density at radius 1 is 1.25 bits per heavy atom. The third-order valence-corrected chi connectivity index (χ3v) is 4.36. The highest BCUT2D eigenvalue weighted by atomic mass is 32.2. The molecule has 0 aromatic carbocycles. The second-order valence-corrected chi connectivity index (χ2v) is 5.60. The lowest BCUT2D eigenvalue weighted by Crippen LogP contribution is -2.40. The van der Waals surface area contributed by atoms with Crippen molar-refractivity contribution >= 4 is 15.8 Å². The van der Waals surface area contributed by atoms with E-state index in [1.54, 1.807) is 0 Å². The molecular formula is C10H12N2O3S. The molecule has 2 heterocycles. The van der Waals surface area contributed by atoms with Crippen LogP contribution < -0.4 is 0 Å². The van der Waals surface area contributed by atoms with Crippen molar-refractivity contribution < 1.29 is 13.2 Å². The van der Waals surface area contributed by atoms with Crippen LogP contribution in [0.1, 0.15) is 12.8 Å². The molecule has 1 saturated heterocycles. The molecule has 1 aromatic rings. The van der Waals surface area contributed by atoms with Crippen molar-refractivity contribution in [2.24, 2.45) is 0 Å². The van der Waals surface area contributed by atoms with Gasteiger partial charge in [-0.05, 0) is 18.6 Å². The van der Waals surface area contributed by atoms with Gasteiger partial charge in [-0.3, -0.25) is 9.78 Å². The summed E-state index contributed by atoms with van der Waals surface area (Å²) in [4.78, 5) is 15.2. The minimum absolute atomic E-state index is 0.00927. The van der Waals surface area contributed by atoms with Gasteiger partial charge in [0.2, 0.25) is 10.0 Å². The predicted molar refractivity (Wildman–Crippen MR) is 57.2 cm³/mol. The molecule has 0 atom stereocenters. The largest absolute Gasteiger partial charge is 0.298 e. The first kappa shape index (κ1) is 11.2. The number of carbonyl (C=O) groups is 1. The van der Waals surface area contributed by atoms with E-state index in [4.69, 9.17) is 0 Å². The first-order valence-corrected chi connectivity index (χ1v) is 6.46. The third kappa shape index (κ3) is 2.12. The number of nitrogens with zero attached hydrogens (tertiary/aromatic N) is 2. The second-order valence-electron chi connectivity index (χ2n) is 3.66. The maximum Gasteiger partial charge on any atom is 0.243 e. The average Bonchev–Trinajstić information content (AvgIpc) is 2.30. The highest BCUT2D eigenvalue weighted by molar-refractivity contribution is 7.89. The summed E-state index contributed by atoms with van der Waals surface area (Å²) >= 11 is 0. The van der Waals surface area contributed by atoms with E-state index in [0.717, 1.165) is 0 Å². The van der Waals surface area contributed by atoms with E-state index < -0.39 is 10.0 Å². The van der Waals surface area contributed by atoms with E-state index in [2.05, 4.69) is 4.98 Å². The molecule has 2 rings (SSSR count).